The molecule has 1 aliphatic rings. The van der Waals surface area contributed by atoms with Crippen molar-refractivity contribution in [2.45, 2.75) is 46.6 Å². The van der Waals surface area contributed by atoms with Crippen molar-refractivity contribution in [1.29, 1.82) is 0 Å². The zero-order valence-corrected chi connectivity index (χ0v) is 20.6. The minimum absolute atomic E-state index is 0.106. The molecule has 0 saturated carbocycles. The first kappa shape index (κ1) is 25.4. The predicted octanol–water partition coefficient (Wildman–Crippen LogP) is 4.33. The number of amides is 1. The summed E-state index contributed by atoms with van der Waals surface area (Å²) in [5.41, 5.74) is 2.19. The van der Waals surface area contributed by atoms with Crippen LogP contribution in [-0.2, 0) is 9.59 Å². The van der Waals surface area contributed by atoms with Crippen LogP contribution in [-0.4, -0.2) is 64.4 Å². The number of aliphatic hydroxyl groups excluding tert-OH is 1. The zero-order valence-electron chi connectivity index (χ0n) is 20.6. The monoisotopic (exact) mass is 465 g/mol. The van der Waals surface area contributed by atoms with Crippen molar-refractivity contribution < 1.29 is 19.4 Å². The van der Waals surface area contributed by atoms with Gasteiger partial charge in [-0.2, -0.15) is 0 Å². The quantitative estimate of drug-likeness (QED) is 0.230. The second kappa shape index (κ2) is 11.8. The maximum Gasteiger partial charge on any atom is 0.295 e. The lowest BCUT2D eigenvalue weighted by Crippen LogP contribution is -2.38. The maximum absolute atomic E-state index is 13.2. The first-order valence-corrected chi connectivity index (χ1v) is 12.1. The molecule has 1 aromatic heterocycles. The van der Waals surface area contributed by atoms with Crippen LogP contribution in [0, 0.1) is 6.92 Å². The van der Waals surface area contributed by atoms with E-state index < -0.39 is 17.7 Å². The lowest BCUT2D eigenvalue weighted by Gasteiger charge is -2.28. The highest BCUT2D eigenvalue weighted by molar-refractivity contribution is 6.46. The molecule has 0 spiro atoms. The van der Waals surface area contributed by atoms with Crippen LogP contribution in [0.25, 0.3) is 5.76 Å². The molecule has 3 rings (SSSR count). The SMILES string of the molecule is CCCCOc1ccc(C(O)=C2C(=O)C(=O)N(CCN(CC)CC)[C@@H]2c2ccncc2)cc1C. The Kier molecular flexibility index (Phi) is 8.82. The van der Waals surface area contributed by atoms with E-state index in [0.717, 1.165) is 42.8 Å². The van der Waals surface area contributed by atoms with E-state index in [1.54, 1.807) is 47.6 Å². The number of aromatic nitrogens is 1. The Bertz CT molecular complexity index is 1030. The normalized spacial score (nSPS) is 17.6. The largest absolute Gasteiger partial charge is 0.507 e. The summed E-state index contributed by atoms with van der Waals surface area (Å²) in [6, 6.07) is 8.23. The number of carbonyl (C=O) groups is 2. The molecule has 0 aliphatic carbocycles. The van der Waals surface area contributed by atoms with Crippen LogP contribution in [0.3, 0.4) is 0 Å². The van der Waals surface area contributed by atoms with Crippen LogP contribution in [0.1, 0.15) is 56.3 Å². The van der Waals surface area contributed by atoms with Crippen molar-refractivity contribution in [1.82, 2.24) is 14.8 Å². The standard InChI is InChI=1S/C27H35N3O4/c1-5-8-17-34-22-10-9-21(18-19(22)4)25(31)23-24(20-11-13-28-14-12-20)30(27(33)26(23)32)16-15-29(6-2)7-3/h9-14,18,24,31H,5-8,15-17H2,1-4H3/t24-/m1/s1. The number of Topliss-reactive ketones (excluding diaryl/α,β-unsaturated/α-hetero) is 1. The van der Waals surface area contributed by atoms with Gasteiger partial charge in [0.05, 0.1) is 18.2 Å². The molecule has 34 heavy (non-hydrogen) atoms. The number of benzene rings is 1. The van der Waals surface area contributed by atoms with Gasteiger partial charge in [-0.15, -0.1) is 0 Å². The summed E-state index contributed by atoms with van der Waals surface area (Å²) < 4.78 is 5.82. The van der Waals surface area contributed by atoms with Gasteiger partial charge in [-0.3, -0.25) is 14.6 Å². The van der Waals surface area contributed by atoms with Crippen molar-refractivity contribution in [2.24, 2.45) is 0 Å². The summed E-state index contributed by atoms with van der Waals surface area (Å²) in [6.07, 6.45) is 5.27. The third-order valence-corrected chi connectivity index (χ3v) is 6.32. The Morgan fingerprint density at radius 2 is 1.82 bits per heavy atom. The van der Waals surface area contributed by atoms with Gasteiger partial charge in [-0.25, -0.2) is 0 Å². The van der Waals surface area contributed by atoms with Crippen LogP contribution in [0.2, 0.25) is 0 Å². The number of pyridine rings is 1. The van der Waals surface area contributed by atoms with Gasteiger partial charge in [0.1, 0.15) is 11.5 Å². The van der Waals surface area contributed by atoms with E-state index in [2.05, 4.69) is 30.7 Å². The second-order valence-corrected chi connectivity index (χ2v) is 8.48. The molecule has 7 nitrogen and oxygen atoms in total. The predicted molar refractivity (Wildman–Crippen MR) is 133 cm³/mol. The molecule has 2 aromatic rings. The van der Waals surface area contributed by atoms with Crippen LogP contribution in [0.4, 0.5) is 0 Å². The lowest BCUT2D eigenvalue weighted by atomic mass is 9.95. The van der Waals surface area contributed by atoms with Crippen molar-refractivity contribution in [3.63, 3.8) is 0 Å². The number of likely N-dealkylation sites (N-methyl/N-ethyl adjacent to an activating group) is 1. The van der Waals surface area contributed by atoms with E-state index in [4.69, 9.17) is 4.74 Å². The average Bonchev–Trinajstić information content (AvgIpc) is 3.10. The fourth-order valence-corrected chi connectivity index (χ4v) is 4.23. The summed E-state index contributed by atoms with van der Waals surface area (Å²) in [5, 5.41) is 11.3. The van der Waals surface area contributed by atoms with Crippen molar-refractivity contribution in [2.75, 3.05) is 32.8 Å². The molecule has 0 radical (unpaired) electrons. The smallest absolute Gasteiger partial charge is 0.295 e. The van der Waals surface area contributed by atoms with Crippen LogP contribution >= 0.6 is 0 Å². The van der Waals surface area contributed by atoms with Crippen molar-refractivity contribution >= 4 is 17.4 Å². The minimum atomic E-state index is -0.667. The molecule has 2 heterocycles. The molecule has 1 aliphatic heterocycles. The summed E-state index contributed by atoms with van der Waals surface area (Å²) >= 11 is 0. The molecule has 1 amide bonds. The van der Waals surface area contributed by atoms with Gasteiger partial charge < -0.3 is 19.6 Å². The van der Waals surface area contributed by atoms with Crippen LogP contribution in [0.15, 0.2) is 48.3 Å². The molecule has 1 saturated heterocycles. The number of ketones is 1. The van der Waals surface area contributed by atoms with Crippen LogP contribution < -0.4 is 4.74 Å². The maximum atomic E-state index is 13.2. The summed E-state index contributed by atoms with van der Waals surface area (Å²) in [6.45, 7) is 11.5. The van der Waals surface area contributed by atoms with E-state index >= 15 is 0 Å². The van der Waals surface area contributed by atoms with Gasteiger partial charge in [0.15, 0.2) is 0 Å². The molecule has 1 aromatic carbocycles. The second-order valence-electron chi connectivity index (χ2n) is 8.48. The molecule has 1 fully saturated rings. The molecule has 1 N–H and O–H groups in total. The van der Waals surface area contributed by atoms with Crippen LogP contribution in [0.5, 0.6) is 5.75 Å². The zero-order chi connectivity index (χ0) is 24.7. The molecule has 7 heteroatoms. The van der Waals surface area contributed by atoms with E-state index in [1.165, 1.54) is 0 Å². The first-order valence-electron chi connectivity index (χ1n) is 12.1. The molecule has 182 valence electrons. The van der Waals surface area contributed by atoms with E-state index in [1.807, 2.05) is 6.92 Å². The fraction of sp³-hybridized carbons (Fsp3) is 0.444. The molecule has 0 bridgehead atoms. The number of aliphatic hydroxyl groups is 1. The Morgan fingerprint density at radius 3 is 2.44 bits per heavy atom. The summed E-state index contributed by atoms with van der Waals surface area (Å²) in [7, 11) is 0. The Morgan fingerprint density at radius 1 is 1.12 bits per heavy atom. The Labute approximate surface area is 202 Å². The highest BCUT2D eigenvalue weighted by atomic mass is 16.5. The van der Waals surface area contributed by atoms with Gasteiger partial charge in [0.2, 0.25) is 0 Å². The third kappa shape index (κ3) is 5.47. The Balaban J connectivity index is 2.00. The van der Waals surface area contributed by atoms with Crippen molar-refractivity contribution in [3.05, 3.63) is 65.0 Å². The Hall–Kier alpha value is -3.19. The highest BCUT2D eigenvalue weighted by Gasteiger charge is 2.46. The topological polar surface area (TPSA) is 83.0 Å². The molecular formula is C27H35N3O4. The average molecular weight is 466 g/mol. The fourth-order valence-electron chi connectivity index (χ4n) is 4.23. The number of likely N-dealkylation sites (tertiary alicyclic amines) is 1. The lowest BCUT2D eigenvalue weighted by molar-refractivity contribution is -0.140. The van der Waals surface area contributed by atoms with E-state index in [0.29, 0.717) is 25.3 Å². The van der Waals surface area contributed by atoms with Gasteiger partial charge in [0.25, 0.3) is 11.7 Å². The summed E-state index contributed by atoms with van der Waals surface area (Å²) in [4.78, 5) is 34.1. The number of hydrogen-bond donors (Lipinski definition) is 1. The number of ether oxygens (including phenoxy) is 1. The number of nitrogens with zero attached hydrogens (tertiary/aromatic N) is 3. The van der Waals surface area contributed by atoms with Gasteiger partial charge in [-0.1, -0.05) is 27.2 Å². The molecule has 1 atom stereocenters. The number of aryl methyl sites for hydroxylation is 1. The van der Waals surface area contributed by atoms with Crippen molar-refractivity contribution in [3.8, 4) is 5.75 Å². The third-order valence-electron chi connectivity index (χ3n) is 6.32. The molecule has 0 unspecified atom stereocenters. The number of carbonyl (C=O) groups excluding carboxylic acids is 2. The number of hydrogen-bond acceptors (Lipinski definition) is 6. The minimum Gasteiger partial charge on any atom is -0.507 e. The number of unbranched alkanes of at least 4 members (excludes halogenated alkanes) is 1. The first-order chi connectivity index (χ1) is 16.4. The highest BCUT2D eigenvalue weighted by Crippen LogP contribution is 2.39. The number of rotatable bonds is 11. The molecular weight excluding hydrogens is 430 g/mol. The van der Waals surface area contributed by atoms with E-state index in [-0.39, 0.29) is 11.3 Å². The van der Waals surface area contributed by atoms with E-state index in [9.17, 15) is 14.7 Å². The van der Waals surface area contributed by atoms with Gasteiger partial charge in [-0.05, 0) is 67.9 Å². The summed E-state index contributed by atoms with van der Waals surface area (Å²) in [5.74, 6) is -0.685. The van der Waals surface area contributed by atoms with Gasteiger partial charge in [0, 0.05) is 31.0 Å². The van der Waals surface area contributed by atoms with Gasteiger partial charge >= 0.3 is 0 Å².